The van der Waals surface area contributed by atoms with Crippen LogP contribution in [0.2, 0.25) is 0 Å². The van der Waals surface area contributed by atoms with Gasteiger partial charge in [-0.15, -0.1) is 10.2 Å². The van der Waals surface area contributed by atoms with Crippen molar-refractivity contribution in [3.8, 4) is 11.5 Å². The van der Waals surface area contributed by atoms with Crippen LogP contribution in [0.15, 0.2) is 29.8 Å². The van der Waals surface area contributed by atoms with Crippen LogP contribution in [-0.2, 0) is 4.79 Å². The fourth-order valence-electron chi connectivity index (χ4n) is 1.56. The second-order valence-electron chi connectivity index (χ2n) is 3.68. The fraction of sp³-hybridized carbons (Fsp3) is 0.0833. The van der Waals surface area contributed by atoms with Crippen molar-refractivity contribution in [2.45, 2.75) is 0 Å². The summed E-state index contributed by atoms with van der Waals surface area (Å²) in [5, 5.41) is 10.4. The molecular weight excluding hydrogens is 266 g/mol. The minimum atomic E-state index is -0.255. The van der Waals surface area contributed by atoms with Crippen molar-refractivity contribution in [3.05, 3.63) is 35.3 Å². The van der Waals surface area contributed by atoms with Crippen molar-refractivity contribution in [1.82, 2.24) is 10.2 Å². The van der Waals surface area contributed by atoms with E-state index < -0.39 is 0 Å². The molecule has 7 heteroatoms. The maximum atomic E-state index is 11.6. The maximum absolute atomic E-state index is 11.6. The minimum Gasteiger partial charge on any atom is -0.454 e. The van der Waals surface area contributed by atoms with Crippen LogP contribution in [0.1, 0.15) is 5.56 Å². The van der Waals surface area contributed by atoms with E-state index in [-0.39, 0.29) is 12.7 Å². The van der Waals surface area contributed by atoms with Gasteiger partial charge in [-0.3, -0.25) is 10.1 Å². The van der Waals surface area contributed by atoms with E-state index in [0.717, 1.165) is 11.3 Å². The van der Waals surface area contributed by atoms with Gasteiger partial charge < -0.3 is 9.47 Å². The van der Waals surface area contributed by atoms with Gasteiger partial charge in [0.05, 0.1) is 0 Å². The number of rotatable bonds is 3. The number of carbonyl (C=O) groups is 1. The number of aromatic nitrogens is 2. The van der Waals surface area contributed by atoms with Gasteiger partial charge in [-0.05, 0) is 23.8 Å². The number of hydrogen-bond acceptors (Lipinski definition) is 6. The standard InChI is InChI=1S/C12H9N3O3S/c16-11(14-12-15-13-6-19-12)4-2-8-1-3-9-10(5-8)18-7-17-9/h1-6H,7H2,(H,14,15,16)/b4-2+. The van der Waals surface area contributed by atoms with Gasteiger partial charge in [0.25, 0.3) is 0 Å². The Labute approximate surface area is 112 Å². The lowest BCUT2D eigenvalue weighted by atomic mass is 10.2. The highest BCUT2D eigenvalue weighted by Gasteiger charge is 2.12. The molecule has 0 saturated heterocycles. The molecule has 0 aliphatic carbocycles. The topological polar surface area (TPSA) is 73.3 Å². The molecule has 2 aromatic rings. The average molecular weight is 275 g/mol. The van der Waals surface area contributed by atoms with Crippen molar-refractivity contribution < 1.29 is 14.3 Å². The summed E-state index contributed by atoms with van der Waals surface area (Å²) >= 11 is 1.26. The molecule has 1 aromatic carbocycles. The average Bonchev–Trinajstić information content (AvgIpc) is 3.06. The molecule has 1 aliphatic rings. The van der Waals surface area contributed by atoms with Crippen LogP contribution in [0.5, 0.6) is 11.5 Å². The molecule has 1 N–H and O–H groups in total. The van der Waals surface area contributed by atoms with E-state index in [1.165, 1.54) is 17.4 Å². The Morgan fingerprint density at radius 2 is 2.26 bits per heavy atom. The molecule has 0 unspecified atom stereocenters. The van der Waals surface area contributed by atoms with E-state index in [1.807, 2.05) is 18.2 Å². The van der Waals surface area contributed by atoms with Gasteiger partial charge >= 0.3 is 0 Å². The predicted molar refractivity (Wildman–Crippen MR) is 70.1 cm³/mol. The van der Waals surface area contributed by atoms with Crippen molar-refractivity contribution >= 4 is 28.5 Å². The quantitative estimate of drug-likeness (QED) is 0.866. The van der Waals surface area contributed by atoms with Gasteiger partial charge in [0.2, 0.25) is 17.8 Å². The van der Waals surface area contributed by atoms with E-state index in [0.29, 0.717) is 10.9 Å². The van der Waals surface area contributed by atoms with Crippen LogP contribution >= 0.6 is 11.3 Å². The molecule has 0 radical (unpaired) electrons. The van der Waals surface area contributed by atoms with Gasteiger partial charge in [-0.2, -0.15) is 0 Å². The van der Waals surface area contributed by atoms with Crippen LogP contribution < -0.4 is 14.8 Å². The Balaban J connectivity index is 1.67. The lowest BCUT2D eigenvalue weighted by Gasteiger charge is -1.98. The highest BCUT2D eigenvalue weighted by Crippen LogP contribution is 2.32. The highest BCUT2D eigenvalue weighted by atomic mass is 32.1. The number of nitrogens with one attached hydrogen (secondary N) is 1. The Bertz CT molecular complexity index is 625. The Hall–Kier alpha value is -2.41. The first-order chi connectivity index (χ1) is 9.31. The number of fused-ring (bicyclic) bond motifs is 1. The molecule has 0 atom stereocenters. The van der Waals surface area contributed by atoms with Gasteiger partial charge in [0, 0.05) is 6.08 Å². The lowest BCUT2D eigenvalue weighted by Crippen LogP contribution is -2.07. The molecule has 0 saturated carbocycles. The van der Waals surface area contributed by atoms with Gasteiger partial charge in [0.15, 0.2) is 11.5 Å². The van der Waals surface area contributed by atoms with Crippen LogP contribution in [0, 0.1) is 0 Å². The first-order valence-electron chi connectivity index (χ1n) is 5.46. The number of hydrogen-bond donors (Lipinski definition) is 1. The number of anilines is 1. The van der Waals surface area contributed by atoms with Gasteiger partial charge in [-0.1, -0.05) is 17.4 Å². The summed E-state index contributed by atoms with van der Waals surface area (Å²) in [6, 6.07) is 5.48. The van der Waals surface area contributed by atoms with Crippen LogP contribution in [-0.4, -0.2) is 22.9 Å². The largest absolute Gasteiger partial charge is 0.454 e. The third-order valence-corrected chi connectivity index (χ3v) is 3.02. The number of ether oxygens (including phenoxy) is 2. The lowest BCUT2D eigenvalue weighted by molar-refractivity contribution is -0.111. The smallest absolute Gasteiger partial charge is 0.250 e. The van der Waals surface area contributed by atoms with E-state index in [9.17, 15) is 4.79 Å². The van der Waals surface area contributed by atoms with E-state index in [1.54, 1.807) is 11.6 Å². The third kappa shape index (κ3) is 2.71. The molecule has 1 aromatic heterocycles. The van der Waals surface area contributed by atoms with Crippen molar-refractivity contribution in [3.63, 3.8) is 0 Å². The number of nitrogens with zero attached hydrogens (tertiary/aromatic N) is 2. The summed E-state index contributed by atoms with van der Waals surface area (Å²) in [7, 11) is 0. The SMILES string of the molecule is O=C(/C=C/c1ccc2c(c1)OCO2)Nc1nncs1. The summed E-state index contributed by atoms with van der Waals surface area (Å²) in [4.78, 5) is 11.6. The second-order valence-corrected chi connectivity index (χ2v) is 4.51. The normalized spacial score (nSPS) is 12.8. The summed E-state index contributed by atoms with van der Waals surface area (Å²) in [6.45, 7) is 0.236. The van der Waals surface area contributed by atoms with Gasteiger partial charge in [0.1, 0.15) is 5.51 Å². The van der Waals surface area contributed by atoms with Crippen molar-refractivity contribution in [2.75, 3.05) is 12.1 Å². The second kappa shape index (κ2) is 5.07. The summed E-state index contributed by atoms with van der Waals surface area (Å²) in [5.74, 6) is 1.15. The predicted octanol–water partition coefficient (Wildman–Crippen LogP) is 1.92. The monoisotopic (exact) mass is 275 g/mol. The molecule has 6 nitrogen and oxygen atoms in total. The molecule has 1 amide bonds. The highest BCUT2D eigenvalue weighted by molar-refractivity contribution is 7.13. The maximum Gasteiger partial charge on any atom is 0.250 e. The molecule has 0 bridgehead atoms. The molecule has 2 heterocycles. The zero-order valence-electron chi connectivity index (χ0n) is 9.70. The van der Waals surface area contributed by atoms with E-state index in [2.05, 4.69) is 15.5 Å². The summed E-state index contributed by atoms with van der Waals surface area (Å²) in [6.07, 6.45) is 3.12. The van der Waals surface area contributed by atoms with Crippen molar-refractivity contribution in [2.24, 2.45) is 0 Å². The molecular formula is C12H9N3O3S. The Morgan fingerprint density at radius 3 is 3.11 bits per heavy atom. The minimum absolute atomic E-state index is 0.236. The summed E-state index contributed by atoms with van der Waals surface area (Å²) in [5.41, 5.74) is 2.41. The number of benzene rings is 1. The molecule has 96 valence electrons. The zero-order chi connectivity index (χ0) is 13.1. The summed E-state index contributed by atoms with van der Waals surface area (Å²) < 4.78 is 10.5. The Kier molecular flexibility index (Phi) is 3.11. The molecule has 3 rings (SSSR count). The molecule has 0 fully saturated rings. The van der Waals surface area contributed by atoms with Crippen LogP contribution in [0.3, 0.4) is 0 Å². The first-order valence-corrected chi connectivity index (χ1v) is 6.34. The van der Waals surface area contributed by atoms with Crippen LogP contribution in [0.4, 0.5) is 5.13 Å². The van der Waals surface area contributed by atoms with Crippen molar-refractivity contribution in [1.29, 1.82) is 0 Å². The zero-order valence-corrected chi connectivity index (χ0v) is 10.5. The van der Waals surface area contributed by atoms with E-state index in [4.69, 9.17) is 9.47 Å². The number of amides is 1. The molecule has 1 aliphatic heterocycles. The molecule has 0 spiro atoms. The van der Waals surface area contributed by atoms with Crippen LogP contribution in [0.25, 0.3) is 6.08 Å². The number of carbonyl (C=O) groups excluding carboxylic acids is 1. The van der Waals surface area contributed by atoms with Gasteiger partial charge in [-0.25, -0.2) is 0 Å². The third-order valence-electron chi connectivity index (χ3n) is 2.41. The fourth-order valence-corrected chi connectivity index (χ4v) is 2.01. The van der Waals surface area contributed by atoms with E-state index >= 15 is 0 Å². The molecule has 19 heavy (non-hydrogen) atoms. The first kappa shape index (κ1) is 11.7. The Morgan fingerprint density at radius 1 is 1.37 bits per heavy atom.